The van der Waals surface area contributed by atoms with E-state index < -0.39 is 5.97 Å². The van der Waals surface area contributed by atoms with Crippen molar-refractivity contribution in [3.8, 4) is 0 Å². The number of hydrogen-bond acceptors (Lipinski definition) is 2. The van der Waals surface area contributed by atoms with E-state index in [1.807, 2.05) is 0 Å². The van der Waals surface area contributed by atoms with Crippen LogP contribution in [0, 0.1) is 0 Å². The number of carbonyl (C=O) groups excluding carboxylic acids is 1. The van der Waals surface area contributed by atoms with E-state index in [4.69, 9.17) is 5.11 Å². The van der Waals surface area contributed by atoms with Gasteiger partial charge in [0.15, 0.2) is 0 Å². The molecule has 0 aliphatic heterocycles. The molecule has 6 heteroatoms. The third-order valence-electron chi connectivity index (χ3n) is 2.34. The third kappa shape index (κ3) is 6.05. The minimum atomic E-state index is -0.896. The lowest BCUT2D eigenvalue weighted by atomic mass is 10.0. The van der Waals surface area contributed by atoms with Gasteiger partial charge in [0.1, 0.15) is 0 Å². The second kappa shape index (κ2) is 7.58. The number of halogens is 1. The lowest BCUT2D eigenvalue weighted by Crippen LogP contribution is -2.35. The first-order chi connectivity index (χ1) is 8.99. The largest absolute Gasteiger partial charge is 0.481 e. The standard InChI is InChI=1S/C13H15BrN2O3/c1-9(14)7-15-13(19)16-8-11-5-3-2-4-10(11)6-12(17)18/h2-5H,1,6-8H2,(H,17,18)(H2,15,16,19). The average molecular weight is 327 g/mol. The molecule has 102 valence electrons. The Kier molecular flexibility index (Phi) is 6.08. The molecule has 1 rings (SSSR count). The average Bonchev–Trinajstić information content (AvgIpc) is 2.34. The van der Waals surface area contributed by atoms with Crippen molar-refractivity contribution >= 4 is 27.9 Å². The van der Waals surface area contributed by atoms with Crippen LogP contribution in [0.4, 0.5) is 4.79 Å². The Morgan fingerprint density at radius 3 is 2.42 bits per heavy atom. The Labute approximate surface area is 119 Å². The SMILES string of the molecule is C=C(Br)CNC(=O)NCc1ccccc1CC(=O)O. The monoisotopic (exact) mass is 326 g/mol. The van der Waals surface area contributed by atoms with Gasteiger partial charge in [0.05, 0.1) is 13.0 Å². The summed E-state index contributed by atoms with van der Waals surface area (Å²) in [6.45, 7) is 4.22. The molecule has 0 heterocycles. The minimum Gasteiger partial charge on any atom is -0.481 e. The number of benzene rings is 1. The summed E-state index contributed by atoms with van der Waals surface area (Å²) in [5.41, 5.74) is 1.48. The molecule has 0 bridgehead atoms. The number of hydrogen-bond donors (Lipinski definition) is 3. The lowest BCUT2D eigenvalue weighted by Gasteiger charge is -2.10. The quantitative estimate of drug-likeness (QED) is 0.748. The van der Waals surface area contributed by atoms with Crippen molar-refractivity contribution < 1.29 is 14.7 Å². The number of amides is 2. The van der Waals surface area contributed by atoms with E-state index in [-0.39, 0.29) is 19.0 Å². The van der Waals surface area contributed by atoms with E-state index in [2.05, 4.69) is 33.1 Å². The highest BCUT2D eigenvalue weighted by Crippen LogP contribution is 2.09. The molecule has 0 spiro atoms. The Balaban J connectivity index is 2.55. The summed E-state index contributed by atoms with van der Waals surface area (Å²) in [4.78, 5) is 22.2. The first kappa shape index (κ1) is 15.2. The summed E-state index contributed by atoms with van der Waals surface area (Å²) in [7, 11) is 0. The number of rotatable bonds is 6. The van der Waals surface area contributed by atoms with E-state index in [9.17, 15) is 9.59 Å². The van der Waals surface area contributed by atoms with Crippen molar-refractivity contribution in [2.75, 3.05) is 6.54 Å². The number of carbonyl (C=O) groups is 2. The van der Waals surface area contributed by atoms with Gasteiger partial charge in [-0.1, -0.05) is 46.8 Å². The van der Waals surface area contributed by atoms with Gasteiger partial charge in [-0.15, -0.1) is 0 Å². The zero-order valence-electron chi connectivity index (χ0n) is 10.3. The maximum Gasteiger partial charge on any atom is 0.315 e. The summed E-state index contributed by atoms with van der Waals surface area (Å²) in [5.74, 6) is -0.896. The zero-order chi connectivity index (χ0) is 14.3. The predicted octanol–water partition coefficient (Wildman–Crippen LogP) is 2.02. The smallest absolute Gasteiger partial charge is 0.315 e. The van der Waals surface area contributed by atoms with Crippen LogP contribution < -0.4 is 10.6 Å². The maximum absolute atomic E-state index is 11.5. The van der Waals surface area contributed by atoms with E-state index in [0.717, 1.165) is 5.56 Å². The topological polar surface area (TPSA) is 78.4 Å². The van der Waals surface area contributed by atoms with Crippen LogP contribution in [0.25, 0.3) is 0 Å². The molecule has 3 N–H and O–H groups in total. The van der Waals surface area contributed by atoms with Crippen LogP contribution in [0.5, 0.6) is 0 Å². The van der Waals surface area contributed by atoms with E-state index in [1.165, 1.54) is 0 Å². The van der Waals surface area contributed by atoms with Crippen LogP contribution in [0.1, 0.15) is 11.1 Å². The number of nitrogens with one attached hydrogen (secondary N) is 2. The molecule has 0 aliphatic carbocycles. The Hall–Kier alpha value is -1.82. The molecule has 0 fully saturated rings. The van der Waals surface area contributed by atoms with Crippen molar-refractivity contribution in [2.45, 2.75) is 13.0 Å². The normalized spacial score (nSPS) is 9.74. The molecule has 0 radical (unpaired) electrons. The molecule has 0 saturated heterocycles. The summed E-state index contributed by atoms with van der Waals surface area (Å²) in [5, 5.41) is 14.1. The van der Waals surface area contributed by atoms with Crippen LogP contribution in [-0.4, -0.2) is 23.7 Å². The Morgan fingerprint density at radius 1 is 1.21 bits per heavy atom. The van der Waals surface area contributed by atoms with Gasteiger partial charge in [-0.05, 0) is 11.1 Å². The summed E-state index contributed by atoms with van der Waals surface area (Å²) >= 11 is 3.14. The van der Waals surface area contributed by atoms with Crippen LogP contribution in [0.2, 0.25) is 0 Å². The van der Waals surface area contributed by atoms with Crippen LogP contribution in [-0.2, 0) is 17.8 Å². The minimum absolute atomic E-state index is 0.0579. The van der Waals surface area contributed by atoms with E-state index in [1.54, 1.807) is 24.3 Å². The summed E-state index contributed by atoms with van der Waals surface area (Å²) in [6, 6.07) is 6.79. The molecule has 1 aromatic rings. The highest BCUT2D eigenvalue weighted by Gasteiger charge is 2.07. The van der Waals surface area contributed by atoms with Crippen molar-refractivity contribution in [3.63, 3.8) is 0 Å². The Bertz CT molecular complexity index is 489. The van der Waals surface area contributed by atoms with Crippen molar-refractivity contribution in [1.82, 2.24) is 10.6 Å². The first-order valence-electron chi connectivity index (χ1n) is 5.62. The molecule has 0 saturated carbocycles. The molecular formula is C13H15BrN2O3. The van der Waals surface area contributed by atoms with Crippen molar-refractivity contribution in [2.24, 2.45) is 0 Å². The van der Waals surface area contributed by atoms with Gasteiger partial charge in [-0.25, -0.2) is 4.79 Å². The van der Waals surface area contributed by atoms with E-state index in [0.29, 0.717) is 16.6 Å². The lowest BCUT2D eigenvalue weighted by molar-refractivity contribution is -0.136. The van der Waals surface area contributed by atoms with E-state index >= 15 is 0 Å². The summed E-state index contributed by atoms with van der Waals surface area (Å²) in [6.07, 6.45) is -0.0579. The number of carboxylic acids is 1. The van der Waals surface area contributed by atoms with Gasteiger partial charge in [0.2, 0.25) is 0 Å². The van der Waals surface area contributed by atoms with Crippen LogP contribution in [0.15, 0.2) is 35.3 Å². The van der Waals surface area contributed by atoms with Crippen molar-refractivity contribution in [1.29, 1.82) is 0 Å². The zero-order valence-corrected chi connectivity index (χ0v) is 11.9. The predicted molar refractivity (Wildman–Crippen MR) is 76.1 cm³/mol. The van der Waals surface area contributed by atoms with Gasteiger partial charge in [-0.2, -0.15) is 0 Å². The maximum atomic E-state index is 11.5. The summed E-state index contributed by atoms with van der Waals surface area (Å²) < 4.78 is 0.675. The molecule has 19 heavy (non-hydrogen) atoms. The second-order valence-electron chi connectivity index (χ2n) is 3.89. The fourth-order valence-corrected chi connectivity index (χ4v) is 1.62. The highest BCUT2D eigenvalue weighted by atomic mass is 79.9. The molecule has 1 aromatic carbocycles. The molecular weight excluding hydrogens is 312 g/mol. The van der Waals surface area contributed by atoms with Gasteiger partial charge >= 0.3 is 12.0 Å². The third-order valence-corrected chi connectivity index (χ3v) is 2.62. The van der Waals surface area contributed by atoms with Crippen molar-refractivity contribution in [3.05, 3.63) is 46.5 Å². The fraction of sp³-hybridized carbons (Fsp3) is 0.231. The van der Waals surface area contributed by atoms with Gasteiger partial charge in [-0.3, -0.25) is 4.79 Å². The molecule has 0 aromatic heterocycles. The van der Waals surface area contributed by atoms with Gasteiger partial charge in [0.25, 0.3) is 0 Å². The fourth-order valence-electron chi connectivity index (χ4n) is 1.48. The number of carboxylic acid groups (broad SMARTS) is 1. The Morgan fingerprint density at radius 2 is 1.84 bits per heavy atom. The highest BCUT2D eigenvalue weighted by molar-refractivity contribution is 9.11. The first-order valence-corrected chi connectivity index (χ1v) is 6.42. The van der Waals surface area contributed by atoms with Gasteiger partial charge in [0, 0.05) is 11.0 Å². The molecule has 0 unspecified atom stereocenters. The number of aliphatic carboxylic acids is 1. The molecule has 0 aliphatic rings. The van der Waals surface area contributed by atoms with Gasteiger partial charge < -0.3 is 15.7 Å². The van der Waals surface area contributed by atoms with Crippen LogP contribution >= 0.6 is 15.9 Å². The molecule has 0 atom stereocenters. The second-order valence-corrected chi connectivity index (χ2v) is 5.01. The molecule has 5 nitrogen and oxygen atoms in total. The molecule has 2 amide bonds. The van der Waals surface area contributed by atoms with Crippen LogP contribution in [0.3, 0.4) is 0 Å². The number of urea groups is 1.